The highest BCUT2D eigenvalue weighted by Gasteiger charge is 2.53. The molecule has 3 heterocycles. The molecule has 0 aromatic rings. The first-order valence-corrected chi connectivity index (χ1v) is 18.2. The summed E-state index contributed by atoms with van der Waals surface area (Å²) in [7, 11) is -0.701. The number of piperidine rings is 3. The van der Waals surface area contributed by atoms with E-state index in [4.69, 9.17) is 14.0 Å². The monoisotopic (exact) mass is 606 g/mol. The van der Waals surface area contributed by atoms with Crippen LogP contribution < -0.4 is 16.0 Å². The van der Waals surface area contributed by atoms with Crippen molar-refractivity contribution < 1.29 is 14.0 Å². The average molecular weight is 606 g/mol. The maximum absolute atomic E-state index is 7.18. The second kappa shape index (κ2) is 13.5. The molecule has 0 bridgehead atoms. The molecular weight excluding hydrogens is 533 g/mol. The Morgan fingerprint density at radius 1 is 0.465 bits per heavy atom. The second-order valence-electron chi connectivity index (χ2n) is 16.7. The quantitative estimate of drug-likeness (QED) is 0.196. The van der Waals surface area contributed by atoms with Gasteiger partial charge in [-0.3, -0.25) is 0 Å². The highest BCUT2D eigenvalue weighted by molar-refractivity contribution is 6.36. The van der Waals surface area contributed by atoms with Crippen molar-refractivity contribution in [1.82, 2.24) is 16.0 Å². The van der Waals surface area contributed by atoms with Gasteiger partial charge in [0.1, 0.15) is 0 Å². The summed E-state index contributed by atoms with van der Waals surface area (Å²) in [5, 5.41) is 12.1. The lowest BCUT2D eigenvalue weighted by atomic mass is 9.69. The van der Waals surface area contributed by atoms with Crippen molar-refractivity contribution in [2.75, 3.05) is 0 Å². The molecule has 0 aliphatic carbocycles. The van der Waals surface area contributed by atoms with Crippen LogP contribution in [-0.4, -0.2) is 58.9 Å². The van der Waals surface area contributed by atoms with Gasteiger partial charge in [0.05, 0.1) is 18.3 Å². The van der Waals surface area contributed by atoms with Crippen LogP contribution in [0.1, 0.15) is 162 Å². The molecule has 3 rings (SSSR count). The molecule has 12 unspecified atom stereocenters. The Balaban J connectivity index is 2.01. The smallest absolute Gasteiger partial charge is 0.383 e. The highest BCUT2D eigenvalue weighted by atomic mass is 16.7. The van der Waals surface area contributed by atoms with Gasteiger partial charge in [-0.2, -0.15) is 0 Å². The van der Waals surface area contributed by atoms with Crippen LogP contribution in [0.5, 0.6) is 0 Å². The lowest BCUT2D eigenvalue weighted by molar-refractivity contribution is -0.103. The molecule has 6 nitrogen and oxygen atoms in total. The van der Waals surface area contributed by atoms with E-state index in [2.05, 4.69) is 120 Å². The minimum absolute atomic E-state index is 0.00847. The van der Waals surface area contributed by atoms with Crippen LogP contribution in [0.15, 0.2) is 0 Å². The fraction of sp³-hybridized carbons (Fsp3) is 1.00. The Morgan fingerprint density at radius 2 is 0.698 bits per heavy atom. The summed E-state index contributed by atoms with van der Waals surface area (Å²) >= 11 is 0. The van der Waals surface area contributed by atoms with Gasteiger partial charge in [0.15, 0.2) is 0 Å². The molecule has 3 aliphatic heterocycles. The Morgan fingerprint density at radius 3 is 0.884 bits per heavy atom. The van der Waals surface area contributed by atoms with Crippen LogP contribution in [0, 0.1) is 17.8 Å². The maximum Gasteiger partial charge on any atom is 0.640 e. The predicted molar refractivity (Wildman–Crippen MR) is 183 cm³/mol. The first-order chi connectivity index (χ1) is 19.8. The largest absolute Gasteiger partial charge is 0.640 e. The Labute approximate surface area is 267 Å². The minimum Gasteiger partial charge on any atom is -0.383 e. The Bertz CT molecular complexity index is 812. The lowest BCUT2D eigenvalue weighted by Gasteiger charge is -2.56. The first-order valence-electron chi connectivity index (χ1n) is 18.2. The van der Waals surface area contributed by atoms with Gasteiger partial charge in [0, 0.05) is 33.2 Å². The molecule has 0 amide bonds. The predicted octanol–water partition coefficient (Wildman–Crippen LogP) is 8.03. The molecular formula is C36H72BN3O3. The molecule has 3 saturated heterocycles. The molecule has 3 fully saturated rings. The van der Waals surface area contributed by atoms with Gasteiger partial charge in [-0.15, -0.1) is 0 Å². The first kappa shape index (κ1) is 37.3. The molecule has 0 aromatic carbocycles. The molecule has 12 atom stereocenters. The van der Waals surface area contributed by atoms with E-state index in [1.165, 1.54) is 0 Å². The van der Waals surface area contributed by atoms with Gasteiger partial charge in [-0.1, -0.05) is 62.3 Å². The number of rotatable bonds is 12. The normalized spacial score (nSPS) is 49.2. The van der Waals surface area contributed by atoms with Gasteiger partial charge >= 0.3 is 7.32 Å². The summed E-state index contributed by atoms with van der Waals surface area (Å²) < 4.78 is 21.5. The molecule has 43 heavy (non-hydrogen) atoms. The third-order valence-electron chi connectivity index (χ3n) is 13.8. The van der Waals surface area contributed by atoms with E-state index in [1.54, 1.807) is 0 Å². The van der Waals surface area contributed by atoms with E-state index in [-0.39, 0.29) is 51.5 Å². The van der Waals surface area contributed by atoms with Gasteiger partial charge in [0.25, 0.3) is 0 Å². The molecule has 252 valence electrons. The Hall–Kier alpha value is -0.175. The molecule has 0 aromatic heterocycles. The van der Waals surface area contributed by atoms with Crippen molar-refractivity contribution in [1.29, 1.82) is 0 Å². The highest BCUT2D eigenvalue weighted by Crippen LogP contribution is 2.43. The van der Waals surface area contributed by atoms with Crippen LogP contribution in [-0.2, 0) is 14.0 Å². The van der Waals surface area contributed by atoms with Crippen LogP contribution in [0.3, 0.4) is 0 Å². The van der Waals surface area contributed by atoms with Gasteiger partial charge in [0.2, 0.25) is 0 Å². The summed E-state index contributed by atoms with van der Waals surface area (Å²) in [4.78, 5) is 0. The van der Waals surface area contributed by atoms with Crippen molar-refractivity contribution in [2.45, 2.75) is 213 Å². The minimum atomic E-state index is -0.701. The molecule has 0 radical (unpaired) electrons. The summed E-state index contributed by atoms with van der Waals surface area (Å²) in [5.74, 6) is 0.976. The van der Waals surface area contributed by atoms with E-state index in [0.717, 1.165) is 57.8 Å². The standard InChI is InChI=1S/C36H72BN3O3/c1-16-31(10)22-28(25(7)34(13,19-4)38-31)41-37(42-29-23-32(11,17-2)39-35(14,20-5)26(29)8)43-30-24-33(12,18-3)40-36(15,21-6)27(30)9/h25-30,38-40H,16-24H2,1-15H3. The van der Waals surface area contributed by atoms with Crippen LogP contribution in [0.25, 0.3) is 0 Å². The molecule has 0 spiro atoms. The topological polar surface area (TPSA) is 63.8 Å². The zero-order valence-electron chi connectivity index (χ0n) is 31.1. The zero-order valence-corrected chi connectivity index (χ0v) is 31.1. The van der Waals surface area contributed by atoms with E-state index in [0.29, 0.717) is 17.8 Å². The van der Waals surface area contributed by atoms with Crippen molar-refractivity contribution >= 4 is 7.32 Å². The maximum atomic E-state index is 7.18. The second-order valence-corrected chi connectivity index (χ2v) is 16.7. The third-order valence-corrected chi connectivity index (χ3v) is 13.8. The van der Waals surface area contributed by atoms with E-state index in [1.807, 2.05) is 0 Å². The number of nitrogens with one attached hydrogen (secondary N) is 3. The molecule has 3 aliphatic rings. The fourth-order valence-electron chi connectivity index (χ4n) is 8.61. The van der Waals surface area contributed by atoms with Crippen LogP contribution in [0.4, 0.5) is 0 Å². The van der Waals surface area contributed by atoms with E-state index >= 15 is 0 Å². The van der Waals surface area contributed by atoms with Crippen molar-refractivity contribution in [3.63, 3.8) is 0 Å². The fourth-order valence-corrected chi connectivity index (χ4v) is 8.61. The number of hydrogen-bond acceptors (Lipinski definition) is 6. The van der Waals surface area contributed by atoms with Crippen LogP contribution >= 0.6 is 0 Å². The van der Waals surface area contributed by atoms with Crippen molar-refractivity contribution in [3.8, 4) is 0 Å². The van der Waals surface area contributed by atoms with Gasteiger partial charge < -0.3 is 29.9 Å². The summed E-state index contributed by atoms with van der Waals surface area (Å²) in [6.45, 7) is 35.1. The van der Waals surface area contributed by atoms with Crippen molar-refractivity contribution in [3.05, 3.63) is 0 Å². The summed E-state index contributed by atoms with van der Waals surface area (Å²) in [6.07, 6.45) is 9.33. The summed E-state index contributed by atoms with van der Waals surface area (Å²) in [6, 6.07) is 0. The Kier molecular flexibility index (Phi) is 11.7. The zero-order chi connectivity index (χ0) is 32.6. The van der Waals surface area contributed by atoms with Crippen molar-refractivity contribution in [2.24, 2.45) is 17.8 Å². The van der Waals surface area contributed by atoms with Crippen LogP contribution in [0.2, 0.25) is 0 Å². The van der Waals surface area contributed by atoms with E-state index in [9.17, 15) is 0 Å². The van der Waals surface area contributed by atoms with Gasteiger partial charge in [-0.25, -0.2) is 0 Å². The third kappa shape index (κ3) is 7.70. The average Bonchev–Trinajstić information content (AvgIpc) is 2.96. The summed E-state index contributed by atoms with van der Waals surface area (Å²) in [5.41, 5.74) is 0.0154. The van der Waals surface area contributed by atoms with Gasteiger partial charge in [-0.05, 0) is 117 Å². The molecule has 7 heteroatoms. The van der Waals surface area contributed by atoms with E-state index < -0.39 is 7.32 Å². The molecule has 3 N–H and O–H groups in total. The lowest BCUT2D eigenvalue weighted by Crippen LogP contribution is -2.69. The molecule has 0 saturated carbocycles. The SMILES string of the molecule is CCC1(C)CC(OB(OC2CC(C)(CC)NC(C)(CC)C2C)OC2CC(C)(CC)NC(C)(CC)C2C)C(C)C(C)(CC)N1. The number of hydrogen-bond donors (Lipinski definition) is 3.